The summed E-state index contributed by atoms with van der Waals surface area (Å²) in [5.41, 5.74) is 3.88. The van der Waals surface area contributed by atoms with E-state index in [1.54, 1.807) is 24.3 Å². The number of carbonyl (C=O) groups is 1. The number of benzene rings is 2. The summed E-state index contributed by atoms with van der Waals surface area (Å²) in [5, 5.41) is 13.1. The van der Waals surface area contributed by atoms with Gasteiger partial charge in [0.1, 0.15) is 5.75 Å². The summed E-state index contributed by atoms with van der Waals surface area (Å²) in [6.07, 6.45) is 1.53. The Kier molecular flexibility index (Phi) is 6.73. The van der Waals surface area contributed by atoms with Crippen molar-refractivity contribution in [1.29, 1.82) is 5.26 Å². The second-order valence-electron chi connectivity index (χ2n) is 5.98. The third-order valence-corrected chi connectivity index (χ3v) is 3.38. The Morgan fingerprint density at radius 2 is 1.88 bits per heavy atom. The number of carbonyl (C=O) groups excluding carboxylic acids is 1. The lowest BCUT2D eigenvalue weighted by Gasteiger charge is -2.08. The Hall–Kier alpha value is -3.13. The third-order valence-electron chi connectivity index (χ3n) is 3.38. The van der Waals surface area contributed by atoms with E-state index >= 15 is 0 Å². The molecule has 0 aliphatic carbocycles. The van der Waals surface area contributed by atoms with E-state index in [4.69, 9.17) is 4.74 Å². The van der Waals surface area contributed by atoms with E-state index in [9.17, 15) is 10.1 Å². The minimum atomic E-state index is -0.884. The number of ether oxygens (including phenoxy) is 1. The molecule has 0 saturated carbocycles. The Labute approximate surface area is 147 Å². The predicted octanol–water partition coefficient (Wildman–Crippen LogP) is 3.48. The molecule has 1 atom stereocenters. The van der Waals surface area contributed by atoms with Crippen LogP contribution in [0.1, 0.15) is 30.9 Å². The van der Waals surface area contributed by atoms with Crippen LogP contribution in [0.15, 0.2) is 59.7 Å². The summed E-state index contributed by atoms with van der Waals surface area (Å²) in [4.78, 5) is 12.1. The number of amides is 1. The molecule has 0 spiro atoms. The molecular formula is C20H21N3O2. The van der Waals surface area contributed by atoms with Crippen molar-refractivity contribution >= 4 is 12.1 Å². The maximum Gasteiger partial charge on any atom is 0.261 e. The molecule has 0 aromatic heterocycles. The zero-order chi connectivity index (χ0) is 18.1. The van der Waals surface area contributed by atoms with Gasteiger partial charge in [-0.3, -0.25) is 4.79 Å². The van der Waals surface area contributed by atoms with Gasteiger partial charge in [-0.2, -0.15) is 10.4 Å². The molecule has 5 heteroatoms. The van der Waals surface area contributed by atoms with Gasteiger partial charge in [-0.05, 0) is 41.3 Å². The molecule has 0 bridgehead atoms. The third kappa shape index (κ3) is 5.78. The molecular weight excluding hydrogens is 314 g/mol. The highest BCUT2D eigenvalue weighted by atomic mass is 16.5. The van der Waals surface area contributed by atoms with Crippen LogP contribution in [0.25, 0.3) is 0 Å². The first kappa shape index (κ1) is 18.2. The lowest BCUT2D eigenvalue weighted by Crippen LogP contribution is -2.24. The first-order chi connectivity index (χ1) is 12.1. The minimum Gasteiger partial charge on any atom is -0.493 e. The summed E-state index contributed by atoms with van der Waals surface area (Å²) < 4.78 is 5.61. The Bertz CT molecular complexity index is 747. The van der Waals surface area contributed by atoms with Crippen molar-refractivity contribution in [1.82, 2.24) is 5.43 Å². The minimum absolute atomic E-state index is 0.457. The second kappa shape index (κ2) is 9.24. The average Bonchev–Trinajstić information content (AvgIpc) is 2.62. The molecule has 0 aliphatic heterocycles. The summed E-state index contributed by atoms with van der Waals surface area (Å²) in [6, 6.07) is 18.3. The highest BCUT2D eigenvalue weighted by Gasteiger charge is 2.19. The van der Waals surface area contributed by atoms with Crippen molar-refractivity contribution in [2.45, 2.75) is 19.8 Å². The molecule has 1 amide bonds. The smallest absolute Gasteiger partial charge is 0.261 e. The molecule has 0 heterocycles. The van der Waals surface area contributed by atoms with E-state index in [1.165, 1.54) is 6.21 Å². The van der Waals surface area contributed by atoms with E-state index in [1.807, 2.05) is 36.4 Å². The number of hydrazone groups is 1. The number of hydrogen-bond donors (Lipinski definition) is 1. The monoisotopic (exact) mass is 335 g/mol. The molecule has 0 fully saturated rings. The maximum absolute atomic E-state index is 12.1. The van der Waals surface area contributed by atoms with Gasteiger partial charge >= 0.3 is 0 Å². The van der Waals surface area contributed by atoms with E-state index in [-0.39, 0.29) is 0 Å². The lowest BCUT2D eigenvalue weighted by atomic mass is 10.0. The molecule has 2 aromatic carbocycles. The van der Waals surface area contributed by atoms with Crippen molar-refractivity contribution in [2.24, 2.45) is 11.0 Å². The zero-order valence-electron chi connectivity index (χ0n) is 14.3. The van der Waals surface area contributed by atoms with Gasteiger partial charge in [0.25, 0.3) is 5.91 Å². The molecule has 0 aliphatic rings. The van der Waals surface area contributed by atoms with E-state index in [0.717, 1.165) is 11.3 Å². The molecule has 5 nitrogen and oxygen atoms in total. The fraction of sp³-hybridized carbons (Fsp3) is 0.250. The van der Waals surface area contributed by atoms with Crippen molar-refractivity contribution in [2.75, 3.05) is 6.61 Å². The van der Waals surface area contributed by atoms with Crippen LogP contribution in [0.4, 0.5) is 0 Å². The van der Waals surface area contributed by atoms with Gasteiger partial charge in [-0.25, -0.2) is 5.43 Å². The van der Waals surface area contributed by atoms with Crippen molar-refractivity contribution in [3.05, 3.63) is 65.7 Å². The standard InChI is InChI=1S/C20H21N3O2/c1-15(2)14-25-18-10-8-16(9-11-18)13-22-23-20(24)19(12-21)17-6-4-3-5-7-17/h3-11,13,15,19H,14H2,1-2H3,(H,23,24)/b22-13-/t19-/m1/s1. The first-order valence-corrected chi connectivity index (χ1v) is 8.10. The second-order valence-corrected chi connectivity index (χ2v) is 5.98. The summed E-state index contributed by atoms with van der Waals surface area (Å²) in [7, 11) is 0. The lowest BCUT2D eigenvalue weighted by molar-refractivity contribution is -0.121. The van der Waals surface area contributed by atoms with Gasteiger partial charge < -0.3 is 4.74 Å². The molecule has 0 unspecified atom stereocenters. The van der Waals surface area contributed by atoms with E-state index < -0.39 is 11.8 Å². The van der Waals surface area contributed by atoms with Gasteiger partial charge in [0, 0.05) is 0 Å². The summed E-state index contributed by atoms with van der Waals surface area (Å²) in [5.74, 6) is -0.0790. The van der Waals surface area contributed by atoms with Gasteiger partial charge in [-0.15, -0.1) is 0 Å². The van der Waals surface area contributed by atoms with Crippen LogP contribution in [0.3, 0.4) is 0 Å². The van der Waals surface area contributed by atoms with Crippen LogP contribution < -0.4 is 10.2 Å². The van der Waals surface area contributed by atoms with Gasteiger partial charge in [0.15, 0.2) is 5.92 Å². The Morgan fingerprint density at radius 1 is 1.20 bits per heavy atom. The fourth-order valence-corrected chi connectivity index (χ4v) is 2.08. The first-order valence-electron chi connectivity index (χ1n) is 8.10. The van der Waals surface area contributed by atoms with E-state index in [0.29, 0.717) is 18.1 Å². The van der Waals surface area contributed by atoms with Crippen LogP contribution in [0.5, 0.6) is 5.75 Å². The summed E-state index contributed by atoms with van der Waals surface area (Å²) in [6.45, 7) is 4.85. The molecule has 128 valence electrons. The number of nitriles is 1. The van der Waals surface area contributed by atoms with Crippen LogP contribution in [0, 0.1) is 17.2 Å². The largest absolute Gasteiger partial charge is 0.493 e. The van der Waals surface area contributed by atoms with Crippen molar-refractivity contribution < 1.29 is 9.53 Å². The highest BCUT2D eigenvalue weighted by Crippen LogP contribution is 2.15. The quantitative estimate of drug-likeness (QED) is 0.622. The number of nitrogens with one attached hydrogen (secondary N) is 1. The molecule has 25 heavy (non-hydrogen) atoms. The van der Waals surface area contributed by atoms with Crippen molar-refractivity contribution in [3.63, 3.8) is 0 Å². The van der Waals surface area contributed by atoms with Gasteiger partial charge in [0.05, 0.1) is 18.9 Å². The normalized spacial score (nSPS) is 11.9. The molecule has 1 N–H and O–H groups in total. The number of rotatable bonds is 7. The Balaban J connectivity index is 1.91. The molecule has 2 aromatic rings. The SMILES string of the molecule is CC(C)COc1ccc(/C=N\NC(=O)[C@H](C#N)c2ccccc2)cc1. The highest BCUT2D eigenvalue weighted by molar-refractivity contribution is 5.88. The van der Waals surface area contributed by atoms with Crippen molar-refractivity contribution in [3.8, 4) is 11.8 Å². The topological polar surface area (TPSA) is 74.5 Å². The molecule has 0 saturated heterocycles. The van der Waals surface area contributed by atoms with E-state index in [2.05, 4.69) is 24.4 Å². The Morgan fingerprint density at radius 3 is 2.48 bits per heavy atom. The molecule has 2 rings (SSSR count). The molecule has 0 radical (unpaired) electrons. The average molecular weight is 335 g/mol. The maximum atomic E-state index is 12.1. The summed E-state index contributed by atoms with van der Waals surface area (Å²) >= 11 is 0. The van der Waals surface area contributed by atoms with Crippen LogP contribution in [-0.2, 0) is 4.79 Å². The van der Waals surface area contributed by atoms with Crippen LogP contribution >= 0.6 is 0 Å². The van der Waals surface area contributed by atoms with Crippen LogP contribution in [-0.4, -0.2) is 18.7 Å². The predicted molar refractivity (Wildman–Crippen MR) is 97.3 cm³/mol. The van der Waals surface area contributed by atoms with Gasteiger partial charge in [0.2, 0.25) is 0 Å². The number of hydrogen-bond acceptors (Lipinski definition) is 4. The zero-order valence-corrected chi connectivity index (χ0v) is 14.3. The number of nitrogens with zero attached hydrogens (tertiary/aromatic N) is 2. The van der Waals surface area contributed by atoms with Gasteiger partial charge in [-0.1, -0.05) is 44.2 Å². The fourth-order valence-electron chi connectivity index (χ4n) is 2.08. The van der Waals surface area contributed by atoms with Crippen LogP contribution in [0.2, 0.25) is 0 Å².